The topological polar surface area (TPSA) is 70.7 Å². The van der Waals surface area contributed by atoms with Crippen molar-refractivity contribution in [3.63, 3.8) is 0 Å². The van der Waals surface area contributed by atoms with Crippen molar-refractivity contribution in [2.24, 2.45) is 0 Å². The van der Waals surface area contributed by atoms with Crippen LogP contribution in [0, 0.1) is 0 Å². The third kappa shape index (κ3) is 6.99. The summed E-state index contributed by atoms with van der Waals surface area (Å²) in [7, 11) is 0. The van der Waals surface area contributed by atoms with Crippen LogP contribution in [0.15, 0.2) is 24.3 Å². The minimum Gasteiger partial charge on any atom is -0.494 e. The smallest absolute Gasteiger partial charge is 0.225 e. The van der Waals surface area contributed by atoms with Crippen molar-refractivity contribution < 1.29 is 14.3 Å². The maximum atomic E-state index is 13.2. The standard InChI is InChI=1S/C21H33N3O3.ClH/c1-4-14-24(17-10-12-22-13-11-17)21(26)15-19(23-16(3)25)18-8-6-7-9-20(18)27-5-2;/h6-9,17,19,22H,4-5,10-15H2,1-3H3,(H,23,25);1H. The Morgan fingerprint density at radius 1 is 1.25 bits per heavy atom. The number of carbonyl (C=O) groups excluding carboxylic acids is 2. The molecule has 0 radical (unpaired) electrons. The van der Waals surface area contributed by atoms with Crippen LogP contribution in [0.1, 0.15) is 58.1 Å². The molecule has 0 saturated carbocycles. The molecule has 2 N–H and O–H groups in total. The highest BCUT2D eigenvalue weighted by atomic mass is 35.5. The minimum absolute atomic E-state index is 0. The molecule has 0 spiro atoms. The van der Waals surface area contributed by atoms with Crippen LogP contribution in [0.2, 0.25) is 0 Å². The normalized spacial score (nSPS) is 15.2. The SMILES string of the molecule is CCCN(C(=O)CC(NC(C)=O)c1ccccc1OCC)C1CCNCC1.Cl. The van der Waals surface area contributed by atoms with Gasteiger partial charge in [0.2, 0.25) is 11.8 Å². The number of piperidine rings is 1. The quantitative estimate of drug-likeness (QED) is 0.655. The second-order valence-corrected chi connectivity index (χ2v) is 7.00. The summed E-state index contributed by atoms with van der Waals surface area (Å²) < 4.78 is 5.72. The summed E-state index contributed by atoms with van der Waals surface area (Å²) in [5, 5.41) is 6.30. The summed E-state index contributed by atoms with van der Waals surface area (Å²) in [6, 6.07) is 7.51. The molecule has 28 heavy (non-hydrogen) atoms. The zero-order valence-electron chi connectivity index (χ0n) is 17.2. The Balaban J connectivity index is 0.00000392. The van der Waals surface area contributed by atoms with Gasteiger partial charge in [0.05, 0.1) is 19.1 Å². The van der Waals surface area contributed by atoms with Crippen LogP contribution in [-0.4, -0.2) is 49.0 Å². The number of carbonyl (C=O) groups is 2. The van der Waals surface area contributed by atoms with Crippen LogP contribution in [0.4, 0.5) is 0 Å². The summed E-state index contributed by atoms with van der Waals surface area (Å²) in [6.45, 7) is 8.68. The van der Waals surface area contributed by atoms with Gasteiger partial charge >= 0.3 is 0 Å². The Bertz CT molecular complexity index is 621. The minimum atomic E-state index is -0.390. The van der Waals surface area contributed by atoms with E-state index in [9.17, 15) is 9.59 Å². The van der Waals surface area contributed by atoms with E-state index in [1.54, 1.807) is 0 Å². The van der Waals surface area contributed by atoms with E-state index in [4.69, 9.17) is 4.74 Å². The lowest BCUT2D eigenvalue weighted by Gasteiger charge is -2.35. The molecule has 0 bridgehead atoms. The summed E-state index contributed by atoms with van der Waals surface area (Å²) in [5.74, 6) is 0.660. The van der Waals surface area contributed by atoms with Gasteiger partial charge in [-0.3, -0.25) is 9.59 Å². The molecule has 1 aromatic carbocycles. The average Bonchev–Trinajstić information content (AvgIpc) is 2.66. The molecule has 2 amide bonds. The van der Waals surface area contributed by atoms with E-state index in [-0.39, 0.29) is 42.7 Å². The lowest BCUT2D eigenvalue weighted by Crippen LogP contribution is -2.47. The van der Waals surface area contributed by atoms with Crippen LogP contribution in [0.3, 0.4) is 0 Å². The average molecular weight is 412 g/mol. The predicted molar refractivity (Wildman–Crippen MR) is 114 cm³/mol. The Kier molecular flexibility index (Phi) is 10.9. The van der Waals surface area contributed by atoms with E-state index in [1.165, 1.54) is 6.92 Å². The fourth-order valence-electron chi connectivity index (χ4n) is 3.70. The molecule has 1 aromatic rings. The van der Waals surface area contributed by atoms with Crippen molar-refractivity contribution in [3.8, 4) is 5.75 Å². The van der Waals surface area contributed by atoms with Gasteiger partial charge in [0.1, 0.15) is 5.75 Å². The zero-order chi connectivity index (χ0) is 19.6. The van der Waals surface area contributed by atoms with Crippen LogP contribution >= 0.6 is 12.4 Å². The maximum Gasteiger partial charge on any atom is 0.225 e. The largest absolute Gasteiger partial charge is 0.494 e. The fourth-order valence-corrected chi connectivity index (χ4v) is 3.70. The summed E-state index contributed by atoms with van der Waals surface area (Å²) in [4.78, 5) is 27.0. The van der Waals surface area contributed by atoms with Crippen molar-refractivity contribution in [2.45, 2.75) is 58.5 Å². The number of para-hydroxylation sites is 1. The maximum absolute atomic E-state index is 13.2. The molecule has 1 fully saturated rings. The van der Waals surface area contributed by atoms with Crippen molar-refractivity contribution in [3.05, 3.63) is 29.8 Å². The molecule has 1 aliphatic rings. The lowest BCUT2D eigenvalue weighted by molar-refractivity contribution is -0.135. The number of hydrogen-bond donors (Lipinski definition) is 2. The molecular formula is C21H34ClN3O3. The van der Waals surface area contributed by atoms with Gasteiger partial charge in [-0.25, -0.2) is 0 Å². The fraction of sp³-hybridized carbons (Fsp3) is 0.619. The predicted octanol–water partition coefficient (Wildman–Crippen LogP) is 3.07. The van der Waals surface area contributed by atoms with E-state index in [0.29, 0.717) is 6.61 Å². The van der Waals surface area contributed by atoms with E-state index in [0.717, 1.165) is 50.2 Å². The summed E-state index contributed by atoms with van der Waals surface area (Å²) >= 11 is 0. The van der Waals surface area contributed by atoms with Gasteiger partial charge in [-0.2, -0.15) is 0 Å². The number of benzene rings is 1. The molecule has 1 atom stereocenters. The van der Waals surface area contributed by atoms with Crippen molar-refractivity contribution in [1.29, 1.82) is 0 Å². The Hall–Kier alpha value is -1.79. The number of rotatable bonds is 9. The second kappa shape index (κ2) is 12.6. The zero-order valence-corrected chi connectivity index (χ0v) is 18.0. The van der Waals surface area contributed by atoms with Gasteiger partial charge < -0.3 is 20.3 Å². The van der Waals surface area contributed by atoms with E-state index in [1.807, 2.05) is 36.1 Å². The molecule has 1 aliphatic heterocycles. The van der Waals surface area contributed by atoms with Crippen molar-refractivity contribution in [1.82, 2.24) is 15.5 Å². The van der Waals surface area contributed by atoms with Crippen LogP contribution < -0.4 is 15.4 Å². The first-order valence-corrected chi connectivity index (χ1v) is 10.1. The monoisotopic (exact) mass is 411 g/mol. The first-order valence-electron chi connectivity index (χ1n) is 10.1. The van der Waals surface area contributed by atoms with Gasteiger partial charge in [-0.15, -0.1) is 12.4 Å². The second-order valence-electron chi connectivity index (χ2n) is 7.00. The number of nitrogens with one attached hydrogen (secondary N) is 2. The van der Waals surface area contributed by atoms with Crippen LogP contribution in [0.25, 0.3) is 0 Å². The number of hydrogen-bond acceptors (Lipinski definition) is 4. The highest BCUT2D eigenvalue weighted by molar-refractivity contribution is 5.85. The van der Waals surface area contributed by atoms with Crippen LogP contribution in [-0.2, 0) is 9.59 Å². The number of nitrogens with zero attached hydrogens (tertiary/aromatic N) is 1. The molecule has 1 unspecified atom stereocenters. The number of amides is 2. The Labute approximate surface area is 174 Å². The van der Waals surface area contributed by atoms with Crippen molar-refractivity contribution in [2.75, 3.05) is 26.2 Å². The summed E-state index contributed by atoms with van der Waals surface area (Å²) in [6.07, 6.45) is 3.13. The van der Waals surface area contributed by atoms with Gasteiger partial charge in [-0.1, -0.05) is 25.1 Å². The highest BCUT2D eigenvalue weighted by Gasteiger charge is 2.28. The summed E-state index contributed by atoms with van der Waals surface area (Å²) in [5.41, 5.74) is 0.852. The molecular weight excluding hydrogens is 378 g/mol. The molecule has 0 aromatic heterocycles. The molecule has 1 heterocycles. The Morgan fingerprint density at radius 3 is 2.54 bits per heavy atom. The molecule has 2 rings (SSSR count). The van der Waals surface area contributed by atoms with Gasteiger partial charge in [-0.05, 0) is 45.3 Å². The van der Waals surface area contributed by atoms with Gasteiger partial charge in [0, 0.05) is 25.1 Å². The van der Waals surface area contributed by atoms with Crippen molar-refractivity contribution >= 4 is 24.2 Å². The Morgan fingerprint density at radius 2 is 1.93 bits per heavy atom. The third-order valence-electron chi connectivity index (χ3n) is 4.88. The molecule has 158 valence electrons. The van der Waals surface area contributed by atoms with E-state index < -0.39 is 0 Å². The molecule has 6 nitrogen and oxygen atoms in total. The number of halogens is 1. The van der Waals surface area contributed by atoms with Crippen LogP contribution in [0.5, 0.6) is 5.75 Å². The third-order valence-corrected chi connectivity index (χ3v) is 4.88. The van der Waals surface area contributed by atoms with Gasteiger partial charge in [0.15, 0.2) is 0 Å². The first kappa shape index (κ1) is 24.2. The molecule has 0 aliphatic carbocycles. The highest BCUT2D eigenvalue weighted by Crippen LogP contribution is 2.28. The molecule has 1 saturated heterocycles. The first-order chi connectivity index (χ1) is 13.1. The molecule has 7 heteroatoms. The number of ether oxygens (including phenoxy) is 1. The van der Waals surface area contributed by atoms with E-state index in [2.05, 4.69) is 17.6 Å². The van der Waals surface area contributed by atoms with E-state index >= 15 is 0 Å². The lowest BCUT2D eigenvalue weighted by atomic mass is 9.99. The van der Waals surface area contributed by atoms with Gasteiger partial charge in [0.25, 0.3) is 0 Å².